The molecule has 3 aromatic rings. The third-order valence-corrected chi connectivity index (χ3v) is 4.89. The molecule has 4 rings (SSSR count). The number of hydrogen-bond acceptors (Lipinski definition) is 5. The predicted molar refractivity (Wildman–Crippen MR) is 104 cm³/mol. The second-order valence-corrected chi connectivity index (χ2v) is 6.98. The molecule has 0 aliphatic heterocycles. The van der Waals surface area contributed by atoms with Crippen molar-refractivity contribution in [3.63, 3.8) is 0 Å². The van der Waals surface area contributed by atoms with Gasteiger partial charge in [0, 0.05) is 18.1 Å². The number of nitrogens with one attached hydrogen (secondary N) is 2. The zero-order chi connectivity index (χ0) is 19.5. The van der Waals surface area contributed by atoms with Crippen LogP contribution >= 0.6 is 0 Å². The summed E-state index contributed by atoms with van der Waals surface area (Å²) < 4.78 is 6.90. The number of carbonyl (C=O) groups excluding carboxylic acids is 1. The second kappa shape index (κ2) is 7.84. The van der Waals surface area contributed by atoms with E-state index in [4.69, 9.17) is 4.42 Å². The molecular formula is C20H23N5O3. The number of aryl methyl sites for hydroxylation is 1. The summed E-state index contributed by atoms with van der Waals surface area (Å²) in [6, 6.07) is 5.29. The lowest BCUT2D eigenvalue weighted by Gasteiger charge is -2.15. The number of amides is 1. The third-order valence-electron chi connectivity index (χ3n) is 4.89. The Morgan fingerprint density at radius 1 is 1.36 bits per heavy atom. The van der Waals surface area contributed by atoms with E-state index in [0.29, 0.717) is 29.6 Å². The Kier molecular flexibility index (Phi) is 5.10. The number of carbonyl (C=O) groups is 1. The largest absolute Gasteiger partial charge is 0.463 e. The Morgan fingerprint density at radius 2 is 2.21 bits per heavy atom. The van der Waals surface area contributed by atoms with E-state index >= 15 is 0 Å². The van der Waals surface area contributed by atoms with Crippen molar-refractivity contribution in [3.8, 4) is 17.4 Å². The Bertz CT molecular complexity index is 1030. The van der Waals surface area contributed by atoms with Crippen molar-refractivity contribution in [1.29, 1.82) is 0 Å². The van der Waals surface area contributed by atoms with Crippen molar-refractivity contribution in [2.24, 2.45) is 0 Å². The average Bonchev–Trinajstić information content (AvgIpc) is 3.36. The molecule has 0 fully saturated rings. The lowest BCUT2D eigenvalue weighted by molar-refractivity contribution is -0.116. The third kappa shape index (κ3) is 3.62. The van der Waals surface area contributed by atoms with Crippen LogP contribution in [0.5, 0.6) is 0 Å². The molecule has 8 nitrogen and oxygen atoms in total. The zero-order valence-electron chi connectivity index (χ0n) is 15.8. The maximum Gasteiger partial charge on any atom is 0.255 e. The second-order valence-electron chi connectivity index (χ2n) is 6.98. The number of furan rings is 1. The molecule has 0 spiro atoms. The van der Waals surface area contributed by atoms with Crippen molar-refractivity contribution in [1.82, 2.24) is 19.7 Å². The van der Waals surface area contributed by atoms with E-state index in [1.807, 2.05) is 6.92 Å². The lowest BCUT2D eigenvalue weighted by atomic mass is 9.97. The smallest absolute Gasteiger partial charge is 0.255 e. The molecule has 146 valence electrons. The normalized spacial score (nSPS) is 13.3. The molecular weight excluding hydrogens is 358 g/mol. The summed E-state index contributed by atoms with van der Waals surface area (Å²) in [4.78, 5) is 32.3. The first-order valence-corrected chi connectivity index (χ1v) is 9.72. The Hall–Kier alpha value is -3.16. The Morgan fingerprint density at radius 3 is 3.00 bits per heavy atom. The number of hydrogen-bond donors (Lipinski definition) is 2. The summed E-state index contributed by atoms with van der Waals surface area (Å²) >= 11 is 0. The summed E-state index contributed by atoms with van der Waals surface area (Å²) in [6.45, 7) is 2.04. The summed E-state index contributed by atoms with van der Waals surface area (Å²) in [5.41, 5.74) is 1.97. The fourth-order valence-corrected chi connectivity index (χ4v) is 3.41. The van der Waals surface area contributed by atoms with Gasteiger partial charge in [-0.05, 0) is 44.2 Å². The topological polar surface area (TPSA) is 106 Å². The van der Waals surface area contributed by atoms with E-state index in [9.17, 15) is 9.59 Å². The minimum absolute atomic E-state index is 0.102. The number of unbranched alkanes of at least 4 members (excludes halogenated alkanes) is 1. The molecule has 0 bridgehead atoms. The van der Waals surface area contributed by atoms with Crippen molar-refractivity contribution in [2.75, 3.05) is 5.32 Å². The molecule has 28 heavy (non-hydrogen) atoms. The standard InChI is InChI=1S/C20H23N5O3/c1-2-3-10-18(26)22-17-12-15(16-9-6-11-28-16)24-25(17)20-21-14-8-5-4-7-13(14)19(27)23-20/h6,9,11-12H,2-5,7-8,10H2,1H3,(H,22,26)(H,21,23,27). The molecule has 3 aromatic heterocycles. The molecule has 0 atom stereocenters. The average molecular weight is 381 g/mol. The highest BCUT2D eigenvalue weighted by atomic mass is 16.3. The van der Waals surface area contributed by atoms with Crippen LogP contribution in [0.4, 0.5) is 5.82 Å². The summed E-state index contributed by atoms with van der Waals surface area (Å²) in [5, 5.41) is 7.41. The first kappa shape index (κ1) is 18.2. The molecule has 3 heterocycles. The molecule has 1 amide bonds. The van der Waals surface area contributed by atoms with E-state index in [1.54, 1.807) is 24.5 Å². The van der Waals surface area contributed by atoms with Crippen molar-refractivity contribution in [2.45, 2.75) is 51.9 Å². The molecule has 0 unspecified atom stereocenters. The van der Waals surface area contributed by atoms with Crippen molar-refractivity contribution >= 4 is 11.7 Å². The van der Waals surface area contributed by atoms with Crippen LogP contribution in [-0.4, -0.2) is 25.7 Å². The van der Waals surface area contributed by atoms with Gasteiger partial charge in [-0.2, -0.15) is 9.78 Å². The summed E-state index contributed by atoms with van der Waals surface area (Å²) in [6.07, 6.45) is 7.26. The van der Waals surface area contributed by atoms with Crippen LogP contribution in [0.3, 0.4) is 0 Å². The number of nitrogens with zero attached hydrogens (tertiary/aromatic N) is 3. The number of aromatic nitrogens is 4. The van der Waals surface area contributed by atoms with E-state index in [0.717, 1.165) is 49.8 Å². The van der Waals surface area contributed by atoms with Gasteiger partial charge >= 0.3 is 0 Å². The highest BCUT2D eigenvalue weighted by Crippen LogP contribution is 2.25. The number of H-pyrrole nitrogens is 1. The van der Waals surface area contributed by atoms with Gasteiger partial charge in [0.2, 0.25) is 11.9 Å². The van der Waals surface area contributed by atoms with Crippen LogP contribution in [0.25, 0.3) is 17.4 Å². The van der Waals surface area contributed by atoms with Gasteiger partial charge in [0.25, 0.3) is 5.56 Å². The zero-order valence-corrected chi connectivity index (χ0v) is 15.8. The fourth-order valence-electron chi connectivity index (χ4n) is 3.41. The van der Waals surface area contributed by atoms with Gasteiger partial charge in [-0.25, -0.2) is 4.98 Å². The maximum absolute atomic E-state index is 12.5. The maximum atomic E-state index is 12.5. The van der Waals surface area contributed by atoms with Gasteiger partial charge in [-0.3, -0.25) is 14.6 Å². The number of fused-ring (bicyclic) bond motifs is 1. The van der Waals surface area contributed by atoms with Crippen LogP contribution in [0, 0.1) is 0 Å². The molecule has 0 saturated heterocycles. The van der Waals surface area contributed by atoms with Gasteiger partial charge in [0.05, 0.1) is 12.0 Å². The molecule has 0 aromatic carbocycles. The van der Waals surface area contributed by atoms with Gasteiger partial charge in [-0.1, -0.05) is 13.3 Å². The van der Waals surface area contributed by atoms with Gasteiger partial charge in [-0.15, -0.1) is 0 Å². The highest BCUT2D eigenvalue weighted by Gasteiger charge is 2.20. The lowest BCUT2D eigenvalue weighted by Crippen LogP contribution is -2.24. The predicted octanol–water partition coefficient (Wildman–Crippen LogP) is 3.22. The number of rotatable bonds is 6. The molecule has 8 heteroatoms. The van der Waals surface area contributed by atoms with Crippen LogP contribution in [0.2, 0.25) is 0 Å². The minimum atomic E-state index is -0.141. The number of aromatic amines is 1. The SMILES string of the molecule is CCCCC(=O)Nc1cc(-c2ccco2)nn1-c1nc2c(c(=O)[nH]1)CCCC2. The highest BCUT2D eigenvalue weighted by molar-refractivity contribution is 5.90. The number of anilines is 1. The first-order chi connectivity index (χ1) is 13.7. The van der Waals surface area contributed by atoms with Gasteiger partial charge in [0.1, 0.15) is 11.5 Å². The molecule has 0 radical (unpaired) electrons. The van der Waals surface area contributed by atoms with Crippen molar-refractivity contribution in [3.05, 3.63) is 46.1 Å². The van der Waals surface area contributed by atoms with Gasteiger partial charge in [0.15, 0.2) is 5.76 Å². The van der Waals surface area contributed by atoms with Crippen LogP contribution in [-0.2, 0) is 17.6 Å². The molecule has 1 aliphatic carbocycles. The van der Waals surface area contributed by atoms with Gasteiger partial charge < -0.3 is 9.73 Å². The first-order valence-electron chi connectivity index (χ1n) is 9.72. The minimum Gasteiger partial charge on any atom is -0.463 e. The van der Waals surface area contributed by atoms with E-state index in [1.165, 1.54) is 4.68 Å². The summed E-state index contributed by atoms with van der Waals surface area (Å²) in [5.74, 6) is 1.22. The monoisotopic (exact) mass is 381 g/mol. The quantitative estimate of drug-likeness (QED) is 0.682. The Labute approximate surface area is 162 Å². The van der Waals surface area contributed by atoms with Crippen molar-refractivity contribution < 1.29 is 9.21 Å². The van der Waals surface area contributed by atoms with Crippen LogP contribution < -0.4 is 10.9 Å². The van der Waals surface area contributed by atoms with Crippen LogP contribution in [0.15, 0.2) is 33.7 Å². The van der Waals surface area contributed by atoms with E-state index in [-0.39, 0.29) is 11.5 Å². The van der Waals surface area contributed by atoms with E-state index < -0.39 is 0 Å². The Balaban J connectivity index is 1.75. The fraction of sp³-hybridized carbons (Fsp3) is 0.400. The summed E-state index contributed by atoms with van der Waals surface area (Å²) in [7, 11) is 0. The molecule has 2 N–H and O–H groups in total. The van der Waals surface area contributed by atoms with Crippen LogP contribution in [0.1, 0.15) is 50.3 Å². The molecule has 0 saturated carbocycles. The molecule has 1 aliphatic rings. The van der Waals surface area contributed by atoms with E-state index in [2.05, 4.69) is 20.4 Å².